The van der Waals surface area contributed by atoms with E-state index in [4.69, 9.17) is 16.7 Å². The third kappa shape index (κ3) is 4.19. The fourth-order valence-corrected chi connectivity index (χ4v) is 3.39. The van der Waals surface area contributed by atoms with Crippen LogP contribution < -0.4 is 4.72 Å². The number of carboxylic acids is 1. The number of carbonyl (C=O) groups excluding carboxylic acids is 1. The number of aliphatic carboxylic acids is 1. The van der Waals surface area contributed by atoms with Crippen LogP contribution >= 0.6 is 11.6 Å². The van der Waals surface area contributed by atoms with Crippen LogP contribution in [0.1, 0.15) is 24.2 Å². The van der Waals surface area contributed by atoms with Crippen molar-refractivity contribution in [1.29, 1.82) is 0 Å². The molecule has 1 atom stereocenters. The van der Waals surface area contributed by atoms with Crippen LogP contribution in [0, 0.1) is 5.92 Å². The van der Waals surface area contributed by atoms with E-state index in [-0.39, 0.29) is 10.6 Å². The van der Waals surface area contributed by atoms with Crippen LogP contribution in [0.5, 0.6) is 0 Å². The number of sulfonamides is 1. The molecule has 22 heavy (non-hydrogen) atoms. The molecule has 1 unspecified atom stereocenters. The van der Waals surface area contributed by atoms with Gasteiger partial charge in [0.1, 0.15) is 6.04 Å². The minimum Gasteiger partial charge on any atom is -0.480 e. The molecule has 0 radical (unpaired) electrons. The second kappa shape index (κ2) is 7.08. The molecule has 0 spiro atoms. The molecule has 1 aromatic carbocycles. The first-order chi connectivity index (χ1) is 10.1. The Hall–Kier alpha value is -1.64. The zero-order chi connectivity index (χ0) is 17.1. The smallest absolute Gasteiger partial charge is 0.339 e. The van der Waals surface area contributed by atoms with E-state index in [9.17, 15) is 18.0 Å². The average Bonchev–Trinajstić information content (AvgIpc) is 2.42. The van der Waals surface area contributed by atoms with Crippen molar-refractivity contribution >= 4 is 33.6 Å². The van der Waals surface area contributed by atoms with E-state index in [2.05, 4.69) is 9.46 Å². The van der Waals surface area contributed by atoms with Gasteiger partial charge in [-0.3, -0.25) is 4.79 Å². The van der Waals surface area contributed by atoms with Crippen molar-refractivity contribution in [1.82, 2.24) is 4.72 Å². The van der Waals surface area contributed by atoms with Gasteiger partial charge in [0, 0.05) is 5.02 Å². The molecule has 0 amide bonds. The quantitative estimate of drug-likeness (QED) is 0.753. The van der Waals surface area contributed by atoms with Crippen LogP contribution in [0.3, 0.4) is 0 Å². The number of esters is 1. The van der Waals surface area contributed by atoms with Crippen LogP contribution in [-0.4, -0.2) is 38.6 Å². The summed E-state index contributed by atoms with van der Waals surface area (Å²) in [6.07, 6.45) is 0. The maximum Gasteiger partial charge on any atom is 0.339 e. The van der Waals surface area contributed by atoms with Gasteiger partial charge >= 0.3 is 11.9 Å². The van der Waals surface area contributed by atoms with E-state index in [1.807, 2.05) is 0 Å². The third-order valence-corrected chi connectivity index (χ3v) is 4.59. The van der Waals surface area contributed by atoms with Crippen LogP contribution in [0.25, 0.3) is 0 Å². The van der Waals surface area contributed by atoms with Crippen LogP contribution in [0.4, 0.5) is 0 Å². The van der Waals surface area contributed by atoms with Crippen LogP contribution in [0.2, 0.25) is 5.02 Å². The summed E-state index contributed by atoms with van der Waals surface area (Å²) in [6.45, 7) is 3.12. The molecule has 2 N–H and O–H groups in total. The summed E-state index contributed by atoms with van der Waals surface area (Å²) in [6, 6.07) is 2.22. The Morgan fingerprint density at radius 1 is 1.32 bits per heavy atom. The first kappa shape index (κ1) is 18.4. The molecule has 0 aliphatic heterocycles. The largest absolute Gasteiger partial charge is 0.480 e. The highest BCUT2D eigenvalue weighted by Crippen LogP contribution is 2.22. The summed E-state index contributed by atoms with van der Waals surface area (Å²) in [5.41, 5.74) is -0.268. The van der Waals surface area contributed by atoms with Gasteiger partial charge in [0.15, 0.2) is 0 Å². The van der Waals surface area contributed by atoms with E-state index in [0.29, 0.717) is 0 Å². The van der Waals surface area contributed by atoms with Gasteiger partial charge in [-0.1, -0.05) is 25.4 Å². The topological polar surface area (TPSA) is 110 Å². The van der Waals surface area contributed by atoms with Gasteiger partial charge in [0.25, 0.3) is 0 Å². The van der Waals surface area contributed by atoms with E-state index >= 15 is 0 Å². The maximum atomic E-state index is 12.4. The number of carboxylic acid groups (broad SMARTS) is 1. The molecule has 7 nitrogen and oxygen atoms in total. The van der Waals surface area contributed by atoms with Crippen molar-refractivity contribution in [3.63, 3.8) is 0 Å². The second-order valence-electron chi connectivity index (χ2n) is 4.81. The fourth-order valence-electron chi connectivity index (χ4n) is 1.71. The summed E-state index contributed by atoms with van der Waals surface area (Å²) in [7, 11) is -3.14. The maximum absolute atomic E-state index is 12.4. The highest BCUT2D eigenvalue weighted by atomic mass is 35.5. The van der Waals surface area contributed by atoms with Gasteiger partial charge in [0.2, 0.25) is 10.0 Å². The Balaban J connectivity index is 3.34. The molecule has 0 saturated carbocycles. The lowest BCUT2D eigenvalue weighted by Gasteiger charge is -2.19. The van der Waals surface area contributed by atoms with Gasteiger partial charge in [-0.25, -0.2) is 13.2 Å². The lowest BCUT2D eigenvalue weighted by Crippen LogP contribution is -2.44. The monoisotopic (exact) mass is 349 g/mol. The molecule has 0 fully saturated rings. The molecule has 0 bridgehead atoms. The lowest BCUT2D eigenvalue weighted by atomic mass is 10.1. The standard InChI is InChI=1S/C13H16ClNO6S/c1-7(2)11(12(16)17)15-22(19,20)10-5-4-8(14)6-9(10)13(18)21-3/h4-7,11,15H,1-3H3,(H,16,17). The van der Waals surface area contributed by atoms with Crippen molar-refractivity contribution in [2.75, 3.05) is 7.11 Å². The minimum absolute atomic E-state index is 0.151. The molecule has 1 rings (SSSR count). The van der Waals surface area contributed by atoms with Gasteiger partial charge in [-0.15, -0.1) is 0 Å². The molecule has 9 heteroatoms. The molecule has 0 aliphatic carbocycles. The first-order valence-corrected chi connectivity index (χ1v) is 8.09. The third-order valence-electron chi connectivity index (χ3n) is 2.85. The summed E-state index contributed by atoms with van der Waals surface area (Å²) in [4.78, 5) is 22.4. The Morgan fingerprint density at radius 2 is 1.91 bits per heavy atom. The van der Waals surface area contributed by atoms with E-state index in [0.717, 1.165) is 19.2 Å². The van der Waals surface area contributed by atoms with Crippen molar-refractivity contribution in [2.24, 2.45) is 5.92 Å². The number of ether oxygens (including phenoxy) is 1. The molecular weight excluding hydrogens is 334 g/mol. The van der Waals surface area contributed by atoms with Crippen molar-refractivity contribution in [3.8, 4) is 0 Å². The van der Waals surface area contributed by atoms with E-state index in [1.165, 1.54) is 6.07 Å². The fraction of sp³-hybridized carbons (Fsp3) is 0.385. The van der Waals surface area contributed by atoms with Gasteiger partial charge in [-0.05, 0) is 24.1 Å². The minimum atomic E-state index is -4.24. The first-order valence-electron chi connectivity index (χ1n) is 6.23. The Morgan fingerprint density at radius 3 is 2.36 bits per heavy atom. The molecule has 0 saturated heterocycles. The Labute approximate surface area is 133 Å². The number of carbonyl (C=O) groups is 2. The predicted molar refractivity (Wildman–Crippen MR) is 79.4 cm³/mol. The van der Waals surface area contributed by atoms with Crippen molar-refractivity contribution in [3.05, 3.63) is 28.8 Å². The van der Waals surface area contributed by atoms with Crippen LogP contribution in [-0.2, 0) is 19.6 Å². The molecule has 1 aromatic rings. The molecule has 0 aliphatic rings. The molecule has 122 valence electrons. The lowest BCUT2D eigenvalue weighted by molar-refractivity contribution is -0.140. The van der Waals surface area contributed by atoms with Gasteiger partial charge in [-0.2, -0.15) is 4.72 Å². The van der Waals surface area contributed by atoms with Gasteiger partial charge in [0.05, 0.1) is 17.6 Å². The molecular formula is C13H16ClNO6S. The number of hydrogen-bond acceptors (Lipinski definition) is 5. The molecule has 0 aromatic heterocycles. The average molecular weight is 350 g/mol. The predicted octanol–water partition coefficient (Wildman–Crippen LogP) is 1.51. The number of benzene rings is 1. The number of halogens is 1. The number of nitrogens with one attached hydrogen (secondary N) is 1. The highest BCUT2D eigenvalue weighted by Gasteiger charge is 2.30. The van der Waals surface area contributed by atoms with Crippen molar-refractivity contribution in [2.45, 2.75) is 24.8 Å². The second-order valence-corrected chi connectivity index (χ2v) is 6.93. The Kier molecular flexibility index (Phi) is 5.92. The van der Waals surface area contributed by atoms with E-state index in [1.54, 1.807) is 13.8 Å². The zero-order valence-electron chi connectivity index (χ0n) is 12.2. The van der Waals surface area contributed by atoms with Gasteiger partial charge < -0.3 is 9.84 Å². The highest BCUT2D eigenvalue weighted by molar-refractivity contribution is 7.89. The summed E-state index contributed by atoms with van der Waals surface area (Å²) in [5, 5.41) is 9.23. The van der Waals surface area contributed by atoms with E-state index < -0.39 is 38.8 Å². The normalized spacial score (nSPS) is 13.0. The summed E-state index contributed by atoms with van der Waals surface area (Å²) >= 11 is 5.76. The SMILES string of the molecule is COC(=O)c1cc(Cl)ccc1S(=O)(=O)NC(C(=O)O)C(C)C. The number of methoxy groups -OCH3 is 1. The number of hydrogen-bond donors (Lipinski definition) is 2. The van der Waals surface area contributed by atoms with Crippen molar-refractivity contribution < 1.29 is 27.9 Å². The zero-order valence-corrected chi connectivity index (χ0v) is 13.7. The number of rotatable bonds is 6. The summed E-state index contributed by atoms with van der Waals surface area (Å²) < 4.78 is 31.3. The Bertz CT molecular complexity index is 686. The molecule has 0 heterocycles. The summed E-state index contributed by atoms with van der Waals surface area (Å²) in [5.74, 6) is -2.69. The van der Waals surface area contributed by atoms with Crippen LogP contribution in [0.15, 0.2) is 23.1 Å².